The van der Waals surface area contributed by atoms with Gasteiger partial charge in [0.1, 0.15) is 11.2 Å². The maximum atomic E-state index is 6.55. The zero-order valence-electron chi connectivity index (χ0n) is 33.8. The number of benzene rings is 7. The Morgan fingerprint density at radius 1 is 0.576 bits per heavy atom. The average molecular weight is 761 g/mol. The summed E-state index contributed by atoms with van der Waals surface area (Å²) in [5.41, 5.74) is 19.1. The summed E-state index contributed by atoms with van der Waals surface area (Å²) in [5.74, 6) is 0.704. The topological polar surface area (TPSA) is 38.9 Å². The van der Waals surface area contributed by atoms with Gasteiger partial charge in [-0.1, -0.05) is 166 Å². The van der Waals surface area contributed by atoms with Crippen LogP contribution in [0.3, 0.4) is 0 Å². The normalized spacial score (nSPS) is 13.3. The summed E-state index contributed by atoms with van der Waals surface area (Å²) in [6, 6.07) is 58.4. The fourth-order valence-electron chi connectivity index (χ4n) is 9.33. The van der Waals surface area contributed by atoms with Crippen molar-refractivity contribution in [2.45, 2.75) is 39.5 Å². The highest BCUT2D eigenvalue weighted by Crippen LogP contribution is 2.50. The summed E-state index contributed by atoms with van der Waals surface area (Å²) in [4.78, 5) is 10.7. The van der Waals surface area contributed by atoms with Crippen LogP contribution in [0, 0.1) is 0 Å². The van der Waals surface area contributed by atoms with Crippen LogP contribution in [-0.4, -0.2) is 9.97 Å². The molecule has 0 aliphatic heterocycles. The molecule has 1 aliphatic carbocycles. The Labute approximate surface area is 346 Å². The molecule has 0 unspecified atom stereocenters. The van der Waals surface area contributed by atoms with Crippen LogP contribution < -0.4 is 0 Å². The van der Waals surface area contributed by atoms with Crippen LogP contribution in [0.1, 0.15) is 55.6 Å². The zero-order chi connectivity index (χ0) is 40.1. The summed E-state index contributed by atoms with van der Waals surface area (Å²) >= 11 is 0. The lowest BCUT2D eigenvalue weighted by Gasteiger charge is -2.24. The number of fused-ring (bicyclic) bond motifs is 6. The minimum absolute atomic E-state index is 0.121. The van der Waals surface area contributed by atoms with Gasteiger partial charge < -0.3 is 4.42 Å². The Balaban J connectivity index is 1.12. The molecule has 0 saturated heterocycles. The van der Waals surface area contributed by atoms with E-state index in [1.807, 2.05) is 0 Å². The van der Waals surface area contributed by atoms with Crippen LogP contribution in [0.5, 0.6) is 0 Å². The predicted molar refractivity (Wildman–Crippen MR) is 246 cm³/mol. The fourth-order valence-corrected chi connectivity index (χ4v) is 9.33. The molecule has 284 valence electrons. The molecule has 0 spiro atoms. The molecule has 59 heavy (non-hydrogen) atoms. The molecule has 3 nitrogen and oxygen atoms in total. The van der Waals surface area contributed by atoms with E-state index in [0.717, 1.165) is 66.7 Å². The fraction of sp³-hybridized carbons (Fsp3) is 0.107. The van der Waals surface area contributed by atoms with Gasteiger partial charge in [0.15, 0.2) is 5.82 Å². The molecule has 2 aromatic heterocycles. The number of allylic oxidation sites excluding steroid dienone is 4. The summed E-state index contributed by atoms with van der Waals surface area (Å²) in [6.07, 6.45) is 7.09. The molecule has 0 radical (unpaired) electrons. The second-order valence-electron chi connectivity index (χ2n) is 16.0. The molecule has 3 heteroatoms. The van der Waals surface area contributed by atoms with Crippen molar-refractivity contribution < 1.29 is 4.42 Å². The molecular formula is C56H44N2O. The van der Waals surface area contributed by atoms with Gasteiger partial charge in [-0.15, -0.1) is 0 Å². The first-order valence-electron chi connectivity index (χ1n) is 20.5. The van der Waals surface area contributed by atoms with Crippen molar-refractivity contribution in [1.82, 2.24) is 9.97 Å². The van der Waals surface area contributed by atoms with Crippen molar-refractivity contribution in [3.05, 3.63) is 210 Å². The predicted octanol–water partition coefficient (Wildman–Crippen LogP) is 14.9. The second-order valence-corrected chi connectivity index (χ2v) is 16.0. The Morgan fingerprint density at radius 3 is 2.10 bits per heavy atom. The first-order chi connectivity index (χ1) is 28.9. The first-order valence-corrected chi connectivity index (χ1v) is 20.5. The van der Waals surface area contributed by atoms with Gasteiger partial charge in [0.2, 0.25) is 0 Å². The third-order valence-corrected chi connectivity index (χ3v) is 12.0. The maximum Gasteiger partial charge on any atom is 0.160 e. The minimum atomic E-state index is -0.121. The molecule has 1 aliphatic rings. The van der Waals surface area contributed by atoms with Gasteiger partial charge in [-0.05, 0) is 105 Å². The van der Waals surface area contributed by atoms with Crippen molar-refractivity contribution in [2.24, 2.45) is 0 Å². The van der Waals surface area contributed by atoms with E-state index in [0.29, 0.717) is 12.2 Å². The summed E-state index contributed by atoms with van der Waals surface area (Å²) in [6.45, 7) is 8.84. The molecule has 0 fully saturated rings. The molecule has 10 rings (SSSR count). The lowest BCUT2D eigenvalue weighted by molar-refractivity contribution is 0.652. The molecule has 0 bridgehead atoms. The Morgan fingerprint density at radius 2 is 1.27 bits per heavy atom. The van der Waals surface area contributed by atoms with Crippen molar-refractivity contribution in [3.63, 3.8) is 0 Å². The molecule has 0 N–H and O–H groups in total. The van der Waals surface area contributed by atoms with Gasteiger partial charge in [0.05, 0.1) is 5.69 Å². The summed E-state index contributed by atoms with van der Waals surface area (Å²) in [5, 5.41) is 2.16. The van der Waals surface area contributed by atoms with Crippen molar-refractivity contribution >= 4 is 27.5 Å². The number of aromatic nitrogens is 2. The van der Waals surface area contributed by atoms with Gasteiger partial charge in [0.25, 0.3) is 0 Å². The van der Waals surface area contributed by atoms with Gasteiger partial charge in [-0.3, -0.25) is 0 Å². The Hall–Kier alpha value is -7.10. The molecule has 0 saturated carbocycles. The number of furan rings is 1. The molecule has 0 amide bonds. The van der Waals surface area contributed by atoms with E-state index >= 15 is 0 Å². The third kappa shape index (κ3) is 6.31. The molecule has 2 heterocycles. The minimum Gasteiger partial charge on any atom is -0.456 e. The Bertz CT molecular complexity index is 3130. The average Bonchev–Trinajstić information content (AvgIpc) is 3.77. The third-order valence-electron chi connectivity index (χ3n) is 12.0. The van der Waals surface area contributed by atoms with E-state index < -0.39 is 0 Å². The molecule has 7 aromatic carbocycles. The van der Waals surface area contributed by atoms with Crippen molar-refractivity contribution in [1.29, 1.82) is 0 Å². The SMILES string of the molecule is C/C=C\C(=C/C)c1cccc(-c2ccc3oc4cccc(-c5ccccc5-c5nc(Cc6cccc7c6C(C)(C)c6ccccc6-7)cc(-c6ccccc6)n5)c4c3c2)c1. The zero-order valence-corrected chi connectivity index (χ0v) is 33.8. The van der Waals surface area contributed by atoms with Crippen LogP contribution in [0.15, 0.2) is 186 Å². The lowest BCUT2D eigenvalue weighted by atomic mass is 9.79. The lowest BCUT2D eigenvalue weighted by Crippen LogP contribution is -2.17. The quantitative estimate of drug-likeness (QED) is 0.145. The highest BCUT2D eigenvalue weighted by atomic mass is 16.3. The van der Waals surface area contributed by atoms with Crippen LogP contribution in [0.2, 0.25) is 0 Å². The maximum absolute atomic E-state index is 6.55. The van der Waals surface area contributed by atoms with E-state index in [1.165, 1.54) is 39.0 Å². The van der Waals surface area contributed by atoms with E-state index in [9.17, 15) is 0 Å². The van der Waals surface area contributed by atoms with Crippen molar-refractivity contribution in [3.8, 4) is 56.0 Å². The van der Waals surface area contributed by atoms with Gasteiger partial charge in [-0.25, -0.2) is 9.97 Å². The van der Waals surface area contributed by atoms with Gasteiger partial charge in [0, 0.05) is 39.4 Å². The van der Waals surface area contributed by atoms with Crippen LogP contribution >= 0.6 is 0 Å². The van der Waals surface area contributed by atoms with Crippen LogP contribution in [-0.2, 0) is 11.8 Å². The standard InChI is InChI=1S/C56H44N2O/c1-5-17-36(6-2)38-20-14-21-39(32-38)40-30-31-51-48(34-40)53-45(26-16-29-52(53)59-51)43-23-10-11-25-47(43)55-57-42(35-50(58-55)37-18-8-7-9-19-37)33-41-22-15-27-46-44-24-12-13-28-49(44)56(3,4)54(41)46/h5-32,34-35H,33H2,1-4H3/b17-5-,36-6+. The van der Waals surface area contributed by atoms with E-state index in [4.69, 9.17) is 14.4 Å². The number of rotatable bonds is 8. The van der Waals surface area contributed by atoms with Crippen LogP contribution in [0.4, 0.5) is 0 Å². The number of hydrogen-bond acceptors (Lipinski definition) is 3. The van der Waals surface area contributed by atoms with Gasteiger partial charge in [-0.2, -0.15) is 0 Å². The largest absolute Gasteiger partial charge is 0.456 e. The van der Waals surface area contributed by atoms with E-state index in [1.54, 1.807) is 0 Å². The van der Waals surface area contributed by atoms with E-state index in [-0.39, 0.29) is 5.41 Å². The monoisotopic (exact) mass is 760 g/mol. The molecule has 9 aromatic rings. The molecular weight excluding hydrogens is 717 g/mol. The highest BCUT2D eigenvalue weighted by Gasteiger charge is 2.37. The van der Waals surface area contributed by atoms with E-state index in [2.05, 4.69) is 210 Å². The highest BCUT2D eigenvalue weighted by molar-refractivity contribution is 6.14. The summed E-state index contributed by atoms with van der Waals surface area (Å²) in [7, 11) is 0. The first kappa shape index (κ1) is 36.3. The second kappa shape index (κ2) is 14.7. The van der Waals surface area contributed by atoms with Crippen molar-refractivity contribution in [2.75, 3.05) is 0 Å². The number of nitrogens with zero attached hydrogens (tertiary/aromatic N) is 2. The summed E-state index contributed by atoms with van der Waals surface area (Å²) < 4.78 is 6.55. The number of hydrogen-bond donors (Lipinski definition) is 0. The molecule has 0 atom stereocenters. The van der Waals surface area contributed by atoms with Crippen LogP contribution in [0.25, 0.3) is 83.5 Å². The Kier molecular flexibility index (Phi) is 9.02. The van der Waals surface area contributed by atoms with Gasteiger partial charge >= 0.3 is 0 Å². The smallest absolute Gasteiger partial charge is 0.160 e.